The molecule has 2 aliphatic heterocycles. The van der Waals surface area contributed by atoms with Crippen molar-refractivity contribution in [3.63, 3.8) is 0 Å². The molecule has 3 unspecified atom stereocenters. The van der Waals surface area contributed by atoms with Gasteiger partial charge < -0.3 is 11.1 Å². The quantitative estimate of drug-likeness (QED) is 0.860. The normalized spacial score (nSPS) is 28.6. The number of carbonyl (C=O) groups is 1. The summed E-state index contributed by atoms with van der Waals surface area (Å²) in [7, 11) is 0. The zero-order chi connectivity index (χ0) is 14.1. The molecule has 3 rings (SSSR count). The van der Waals surface area contributed by atoms with Gasteiger partial charge in [0.05, 0.1) is 6.04 Å². The maximum absolute atomic E-state index is 12.5. The number of anilines is 1. The van der Waals surface area contributed by atoms with Crippen LogP contribution in [0.25, 0.3) is 0 Å². The van der Waals surface area contributed by atoms with E-state index >= 15 is 0 Å². The number of amides is 1. The standard InChI is InChI=1S/C16H23N3O/c1-11(17)13-8-9-19(10-13)15-7-6-12-4-2-3-5-14(12)18-16(15)20/h2-5,11,13,15H,6-10,17H2,1H3,(H,18,20). The molecular weight excluding hydrogens is 250 g/mol. The molecule has 3 atom stereocenters. The minimum absolute atomic E-state index is 0.00819. The molecule has 4 nitrogen and oxygen atoms in total. The van der Waals surface area contributed by atoms with Crippen LogP contribution in [0.1, 0.15) is 25.3 Å². The van der Waals surface area contributed by atoms with Crippen LogP contribution in [0.2, 0.25) is 0 Å². The van der Waals surface area contributed by atoms with E-state index in [1.165, 1.54) is 5.56 Å². The van der Waals surface area contributed by atoms with Gasteiger partial charge in [-0.25, -0.2) is 0 Å². The van der Waals surface area contributed by atoms with Crippen LogP contribution < -0.4 is 11.1 Å². The van der Waals surface area contributed by atoms with E-state index in [1.807, 2.05) is 18.2 Å². The van der Waals surface area contributed by atoms with Crippen molar-refractivity contribution in [3.05, 3.63) is 29.8 Å². The van der Waals surface area contributed by atoms with Crippen LogP contribution in [0, 0.1) is 5.92 Å². The third-order valence-corrected chi connectivity index (χ3v) is 4.71. The Kier molecular flexibility index (Phi) is 3.76. The summed E-state index contributed by atoms with van der Waals surface area (Å²) in [5, 5.41) is 3.08. The molecule has 0 aliphatic carbocycles. The Bertz CT molecular complexity index is 500. The molecule has 1 aromatic rings. The highest BCUT2D eigenvalue weighted by Crippen LogP contribution is 2.27. The van der Waals surface area contributed by atoms with E-state index < -0.39 is 0 Å². The van der Waals surface area contributed by atoms with Crippen molar-refractivity contribution in [1.29, 1.82) is 0 Å². The minimum Gasteiger partial charge on any atom is -0.328 e. The molecule has 1 saturated heterocycles. The van der Waals surface area contributed by atoms with E-state index in [2.05, 4.69) is 23.2 Å². The smallest absolute Gasteiger partial charge is 0.241 e. The van der Waals surface area contributed by atoms with E-state index in [4.69, 9.17) is 5.73 Å². The Balaban J connectivity index is 1.72. The first-order valence-electron chi connectivity index (χ1n) is 7.53. The number of rotatable bonds is 2. The van der Waals surface area contributed by atoms with Gasteiger partial charge in [-0.15, -0.1) is 0 Å². The summed E-state index contributed by atoms with van der Waals surface area (Å²) < 4.78 is 0. The molecule has 1 fully saturated rings. The third-order valence-electron chi connectivity index (χ3n) is 4.71. The van der Waals surface area contributed by atoms with Gasteiger partial charge in [-0.3, -0.25) is 9.69 Å². The van der Waals surface area contributed by atoms with E-state index in [9.17, 15) is 4.79 Å². The van der Waals surface area contributed by atoms with Crippen molar-refractivity contribution >= 4 is 11.6 Å². The number of hydrogen-bond acceptors (Lipinski definition) is 3. The van der Waals surface area contributed by atoms with Crippen molar-refractivity contribution in [1.82, 2.24) is 4.90 Å². The lowest BCUT2D eigenvalue weighted by Crippen LogP contribution is -2.43. The van der Waals surface area contributed by atoms with Gasteiger partial charge in [0, 0.05) is 18.3 Å². The Morgan fingerprint density at radius 3 is 2.90 bits per heavy atom. The zero-order valence-corrected chi connectivity index (χ0v) is 12.0. The highest BCUT2D eigenvalue weighted by Gasteiger charge is 2.34. The lowest BCUT2D eigenvalue weighted by molar-refractivity contribution is -0.121. The van der Waals surface area contributed by atoms with E-state index in [0.717, 1.165) is 38.0 Å². The van der Waals surface area contributed by atoms with Crippen LogP contribution in [0.5, 0.6) is 0 Å². The topological polar surface area (TPSA) is 58.4 Å². The van der Waals surface area contributed by atoms with Gasteiger partial charge in [0.1, 0.15) is 0 Å². The van der Waals surface area contributed by atoms with Crippen LogP contribution in [0.3, 0.4) is 0 Å². The van der Waals surface area contributed by atoms with Gasteiger partial charge in [0.25, 0.3) is 0 Å². The molecule has 0 radical (unpaired) electrons. The molecule has 4 heteroatoms. The van der Waals surface area contributed by atoms with E-state index in [1.54, 1.807) is 0 Å². The molecule has 0 saturated carbocycles. The van der Waals surface area contributed by atoms with Crippen LogP contribution in [-0.4, -0.2) is 36.0 Å². The van der Waals surface area contributed by atoms with Gasteiger partial charge in [-0.2, -0.15) is 0 Å². The van der Waals surface area contributed by atoms with Gasteiger partial charge in [-0.1, -0.05) is 18.2 Å². The summed E-state index contributed by atoms with van der Waals surface area (Å²) in [4.78, 5) is 14.8. The number of likely N-dealkylation sites (tertiary alicyclic amines) is 1. The Hall–Kier alpha value is -1.39. The third kappa shape index (κ3) is 2.58. The lowest BCUT2D eigenvalue weighted by atomic mass is 10.0. The SMILES string of the molecule is CC(N)C1CCN(C2CCc3ccccc3NC2=O)C1. The molecule has 20 heavy (non-hydrogen) atoms. The monoisotopic (exact) mass is 273 g/mol. The van der Waals surface area contributed by atoms with Crippen molar-refractivity contribution < 1.29 is 4.79 Å². The molecule has 0 aromatic heterocycles. The van der Waals surface area contributed by atoms with Crippen LogP contribution in [-0.2, 0) is 11.2 Å². The fourth-order valence-electron chi connectivity index (χ4n) is 3.38. The molecule has 2 aliphatic rings. The fraction of sp³-hybridized carbons (Fsp3) is 0.562. The summed E-state index contributed by atoms with van der Waals surface area (Å²) in [5.41, 5.74) is 8.21. The Morgan fingerprint density at radius 1 is 1.35 bits per heavy atom. The number of nitrogens with two attached hydrogens (primary N) is 1. The van der Waals surface area contributed by atoms with Crippen molar-refractivity contribution in [2.24, 2.45) is 11.7 Å². The number of carbonyl (C=O) groups excluding carboxylic acids is 1. The number of benzene rings is 1. The predicted molar refractivity (Wildman–Crippen MR) is 80.5 cm³/mol. The van der Waals surface area contributed by atoms with E-state index in [0.29, 0.717) is 5.92 Å². The molecule has 108 valence electrons. The Labute approximate surface area is 120 Å². The van der Waals surface area contributed by atoms with Crippen molar-refractivity contribution in [2.45, 2.75) is 38.3 Å². The highest BCUT2D eigenvalue weighted by molar-refractivity contribution is 5.96. The molecule has 1 aromatic carbocycles. The fourth-order valence-corrected chi connectivity index (χ4v) is 3.38. The van der Waals surface area contributed by atoms with Gasteiger partial charge in [0.2, 0.25) is 5.91 Å². The molecular formula is C16H23N3O. The first kappa shape index (κ1) is 13.6. The second-order valence-electron chi connectivity index (χ2n) is 6.10. The molecule has 0 spiro atoms. The second kappa shape index (κ2) is 5.54. The lowest BCUT2D eigenvalue weighted by Gasteiger charge is -2.25. The molecule has 1 amide bonds. The number of nitrogens with one attached hydrogen (secondary N) is 1. The summed E-state index contributed by atoms with van der Waals surface area (Å²) in [6.45, 7) is 4.00. The largest absolute Gasteiger partial charge is 0.328 e. The number of hydrogen-bond donors (Lipinski definition) is 2. The zero-order valence-electron chi connectivity index (χ0n) is 12.0. The van der Waals surface area contributed by atoms with E-state index in [-0.39, 0.29) is 18.0 Å². The van der Waals surface area contributed by atoms with Crippen molar-refractivity contribution in [3.8, 4) is 0 Å². The summed E-state index contributed by atoms with van der Waals surface area (Å²) in [5.74, 6) is 0.661. The summed E-state index contributed by atoms with van der Waals surface area (Å²) >= 11 is 0. The maximum atomic E-state index is 12.5. The van der Waals surface area contributed by atoms with Crippen LogP contribution in [0.4, 0.5) is 5.69 Å². The number of aryl methyl sites for hydroxylation is 1. The number of nitrogens with zero attached hydrogens (tertiary/aromatic N) is 1. The van der Waals surface area contributed by atoms with Crippen molar-refractivity contribution in [2.75, 3.05) is 18.4 Å². The molecule has 0 bridgehead atoms. The molecule has 2 heterocycles. The summed E-state index contributed by atoms with van der Waals surface area (Å²) in [6.07, 6.45) is 2.96. The number of fused-ring (bicyclic) bond motifs is 1. The first-order valence-corrected chi connectivity index (χ1v) is 7.53. The molecule has 3 N–H and O–H groups in total. The highest BCUT2D eigenvalue weighted by atomic mass is 16.2. The minimum atomic E-state index is -0.00819. The average molecular weight is 273 g/mol. The number of para-hydroxylation sites is 1. The van der Waals surface area contributed by atoms with Gasteiger partial charge in [0.15, 0.2) is 0 Å². The van der Waals surface area contributed by atoms with Crippen LogP contribution in [0.15, 0.2) is 24.3 Å². The maximum Gasteiger partial charge on any atom is 0.241 e. The second-order valence-corrected chi connectivity index (χ2v) is 6.10. The predicted octanol–water partition coefficient (Wildman–Crippen LogP) is 1.61. The van der Waals surface area contributed by atoms with Crippen LogP contribution >= 0.6 is 0 Å². The van der Waals surface area contributed by atoms with Gasteiger partial charge >= 0.3 is 0 Å². The Morgan fingerprint density at radius 2 is 2.15 bits per heavy atom. The van der Waals surface area contributed by atoms with Gasteiger partial charge in [-0.05, 0) is 50.3 Å². The average Bonchev–Trinajstić information content (AvgIpc) is 2.84. The first-order chi connectivity index (χ1) is 9.65. The summed E-state index contributed by atoms with van der Waals surface area (Å²) in [6, 6.07) is 8.31.